The first kappa shape index (κ1) is 7.31. The Hall–Kier alpha value is -0.690. The Morgan fingerprint density at radius 2 is 2.12 bits per heavy atom. The van der Waals surface area contributed by atoms with Crippen LogP contribution in [-0.2, 0) is 0 Å². The third kappa shape index (κ3) is 3.50. The number of aliphatic hydroxyl groups excluding tert-OH is 1. The predicted molar refractivity (Wildman–Crippen MR) is 34.8 cm³/mol. The summed E-state index contributed by atoms with van der Waals surface area (Å²) in [4.78, 5) is 0. The summed E-state index contributed by atoms with van der Waals surface area (Å²) in [6, 6.07) is 0. The van der Waals surface area contributed by atoms with E-state index < -0.39 is 0 Å². The maximum absolute atomic E-state index is 8.35. The molecule has 0 radical (unpaired) electrons. The van der Waals surface area contributed by atoms with Crippen molar-refractivity contribution in [2.75, 3.05) is 0 Å². The zero-order valence-electron chi connectivity index (χ0n) is 5.31. The molecule has 0 aromatic rings. The lowest BCUT2D eigenvalue weighted by Gasteiger charge is -2.02. The van der Waals surface area contributed by atoms with Gasteiger partial charge in [-0.3, -0.25) is 0 Å². The maximum atomic E-state index is 8.35. The molecule has 0 aromatic carbocycles. The van der Waals surface area contributed by atoms with Crippen LogP contribution in [-0.4, -0.2) is 5.11 Å². The van der Waals surface area contributed by atoms with E-state index in [9.17, 15) is 0 Å². The Bertz CT molecular complexity index is 112. The van der Waals surface area contributed by atoms with Crippen molar-refractivity contribution in [3.8, 4) is 0 Å². The zero-order valence-corrected chi connectivity index (χ0v) is 5.31. The SMILES string of the molecule is C=C(C)/C=C(\C)[CH-]O. The van der Waals surface area contributed by atoms with Gasteiger partial charge in [-0.25, -0.2) is 6.08 Å². The second kappa shape index (κ2) is 3.33. The second-order valence-corrected chi connectivity index (χ2v) is 1.86. The van der Waals surface area contributed by atoms with Crippen molar-refractivity contribution >= 4 is 0 Å². The second-order valence-electron chi connectivity index (χ2n) is 1.86. The van der Waals surface area contributed by atoms with Gasteiger partial charge in [0.05, 0.1) is 0 Å². The molecule has 0 spiro atoms. The molecule has 0 saturated heterocycles. The third-order valence-corrected chi connectivity index (χ3v) is 0.678. The predicted octanol–water partition coefficient (Wildman–Crippen LogP) is 2.04. The van der Waals surface area contributed by atoms with Crippen molar-refractivity contribution < 1.29 is 5.11 Å². The van der Waals surface area contributed by atoms with Crippen molar-refractivity contribution in [2.45, 2.75) is 13.8 Å². The van der Waals surface area contributed by atoms with E-state index in [4.69, 9.17) is 5.11 Å². The topological polar surface area (TPSA) is 20.2 Å². The van der Waals surface area contributed by atoms with E-state index in [0.29, 0.717) is 0 Å². The lowest BCUT2D eigenvalue weighted by Crippen LogP contribution is -1.75. The molecule has 0 amide bonds. The standard InChI is InChI=1S/C7H11O/c1-6(2)4-7(3)5-8/h4-5,8H,1H2,2-3H3/q-1/b7-4+. The summed E-state index contributed by atoms with van der Waals surface area (Å²) in [7, 11) is 0. The molecule has 46 valence electrons. The zero-order chi connectivity index (χ0) is 6.57. The summed E-state index contributed by atoms with van der Waals surface area (Å²) in [5.41, 5.74) is 1.78. The van der Waals surface area contributed by atoms with Crippen molar-refractivity contribution in [2.24, 2.45) is 0 Å². The van der Waals surface area contributed by atoms with E-state index in [-0.39, 0.29) is 0 Å². The van der Waals surface area contributed by atoms with Crippen molar-refractivity contribution in [3.05, 3.63) is 30.4 Å². The average Bonchev–Trinajstić information content (AvgIpc) is 1.65. The fourth-order valence-electron chi connectivity index (χ4n) is 0.426. The molecule has 0 aliphatic carbocycles. The van der Waals surface area contributed by atoms with Gasteiger partial charge < -0.3 is 5.11 Å². The monoisotopic (exact) mass is 111 g/mol. The van der Waals surface area contributed by atoms with Gasteiger partial charge in [-0.15, -0.1) is 18.8 Å². The molecule has 1 N–H and O–H groups in total. The molecule has 8 heavy (non-hydrogen) atoms. The first-order valence-corrected chi connectivity index (χ1v) is 2.48. The van der Waals surface area contributed by atoms with Gasteiger partial charge in [0.25, 0.3) is 0 Å². The molecule has 0 rings (SSSR count). The Morgan fingerprint density at radius 3 is 2.25 bits per heavy atom. The normalized spacial score (nSPS) is 11.1. The highest BCUT2D eigenvalue weighted by molar-refractivity contribution is 5.20. The molecule has 0 bridgehead atoms. The highest BCUT2D eigenvalue weighted by Gasteiger charge is 1.70. The van der Waals surface area contributed by atoms with Gasteiger partial charge in [-0.1, -0.05) is 13.8 Å². The van der Waals surface area contributed by atoms with Crippen LogP contribution >= 0.6 is 0 Å². The Morgan fingerprint density at radius 1 is 1.62 bits per heavy atom. The Kier molecular flexibility index (Phi) is 3.04. The van der Waals surface area contributed by atoms with Gasteiger partial charge in [-0.05, 0) is 0 Å². The molecule has 0 unspecified atom stereocenters. The lowest BCUT2D eigenvalue weighted by atomic mass is 10.2. The van der Waals surface area contributed by atoms with E-state index >= 15 is 0 Å². The summed E-state index contributed by atoms with van der Waals surface area (Å²) in [6.45, 7) is 8.40. The average molecular weight is 111 g/mol. The van der Waals surface area contributed by atoms with E-state index in [1.807, 2.05) is 13.8 Å². The number of hydrogen-bond acceptors (Lipinski definition) is 1. The molecule has 0 saturated carbocycles. The van der Waals surface area contributed by atoms with Gasteiger partial charge in [-0.2, -0.15) is 5.57 Å². The van der Waals surface area contributed by atoms with Crippen LogP contribution in [0.3, 0.4) is 0 Å². The van der Waals surface area contributed by atoms with E-state index in [1.54, 1.807) is 6.08 Å². The summed E-state index contributed by atoms with van der Waals surface area (Å²) in [5, 5.41) is 8.35. The third-order valence-electron chi connectivity index (χ3n) is 0.678. The minimum atomic E-state index is 0.831. The highest BCUT2D eigenvalue weighted by atomic mass is 16.3. The van der Waals surface area contributed by atoms with Crippen molar-refractivity contribution in [1.82, 2.24) is 0 Å². The molecule has 0 fully saturated rings. The largest absolute Gasteiger partial charge is 0.457 e. The van der Waals surface area contributed by atoms with Gasteiger partial charge in [0.1, 0.15) is 0 Å². The first-order chi connectivity index (χ1) is 3.66. The summed E-state index contributed by atoms with van der Waals surface area (Å²) in [6.07, 6.45) is 1.81. The molecule has 1 nitrogen and oxygen atoms in total. The van der Waals surface area contributed by atoms with Gasteiger partial charge in [0.15, 0.2) is 0 Å². The number of rotatable bonds is 2. The van der Waals surface area contributed by atoms with Gasteiger partial charge >= 0.3 is 0 Å². The van der Waals surface area contributed by atoms with Crippen LogP contribution in [0.4, 0.5) is 0 Å². The van der Waals surface area contributed by atoms with Crippen LogP contribution < -0.4 is 0 Å². The highest BCUT2D eigenvalue weighted by Crippen LogP contribution is 1.99. The Balaban J connectivity index is 3.75. The molecular weight excluding hydrogens is 100 g/mol. The summed E-state index contributed by atoms with van der Waals surface area (Å²) < 4.78 is 0. The van der Waals surface area contributed by atoms with E-state index in [2.05, 4.69) is 6.58 Å². The van der Waals surface area contributed by atoms with Crippen LogP contribution in [0, 0.1) is 6.61 Å². The lowest BCUT2D eigenvalue weighted by molar-refractivity contribution is 0.411. The number of allylic oxidation sites excluding steroid dienone is 2. The van der Waals surface area contributed by atoms with Crippen molar-refractivity contribution in [3.63, 3.8) is 0 Å². The van der Waals surface area contributed by atoms with Crippen LogP contribution in [0.2, 0.25) is 0 Å². The first-order valence-electron chi connectivity index (χ1n) is 2.48. The molecular formula is C7H11O-. The van der Waals surface area contributed by atoms with Crippen LogP contribution in [0.15, 0.2) is 23.8 Å². The number of aliphatic hydroxyl groups is 1. The smallest absolute Gasteiger partial charge is 0.0572 e. The molecule has 0 aromatic heterocycles. The molecule has 0 aliphatic rings. The fourth-order valence-corrected chi connectivity index (χ4v) is 0.426. The van der Waals surface area contributed by atoms with Crippen LogP contribution in [0.5, 0.6) is 0 Å². The number of hydrogen-bond donors (Lipinski definition) is 1. The fraction of sp³-hybridized carbons (Fsp3) is 0.286. The van der Waals surface area contributed by atoms with Gasteiger partial charge in [0, 0.05) is 0 Å². The van der Waals surface area contributed by atoms with E-state index in [0.717, 1.165) is 17.8 Å². The molecule has 0 heterocycles. The van der Waals surface area contributed by atoms with Crippen LogP contribution in [0.1, 0.15) is 13.8 Å². The molecule has 0 atom stereocenters. The molecule has 0 aliphatic heterocycles. The van der Waals surface area contributed by atoms with Gasteiger partial charge in [0.2, 0.25) is 0 Å². The minimum Gasteiger partial charge on any atom is -0.457 e. The summed E-state index contributed by atoms with van der Waals surface area (Å²) >= 11 is 0. The molecule has 1 heteroatoms. The Labute approximate surface area is 50.3 Å². The van der Waals surface area contributed by atoms with Crippen molar-refractivity contribution in [1.29, 1.82) is 0 Å². The minimum absolute atomic E-state index is 0.831. The van der Waals surface area contributed by atoms with Crippen LogP contribution in [0.25, 0.3) is 0 Å². The van der Waals surface area contributed by atoms with E-state index in [1.165, 1.54) is 0 Å². The maximum Gasteiger partial charge on any atom is -0.0572 e. The summed E-state index contributed by atoms with van der Waals surface area (Å²) in [5.74, 6) is 0. The quantitative estimate of drug-likeness (QED) is 0.427.